The summed E-state index contributed by atoms with van der Waals surface area (Å²) in [5, 5.41) is 12.0. The number of carbonyl (C=O) groups is 1. The third kappa shape index (κ3) is 5.42. The van der Waals surface area contributed by atoms with Crippen molar-refractivity contribution in [3.63, 3.8) is 0 Å². The maximum Gasteiger partial charge on any atom is 0.410 e. The molecule has 0 radical (unpaired) electrons. The highest BCUT2D eigenvalue weighted by molar-refractivity contribution is 5.68. The van der Waals surface area contributed by atoms with Gasteiger partial charge in [-0.1, -0.05) is 30.3 Å². The molecular weight excluding hydrogens is 408 g/mol. The minimum Gasteiger partial charge on any atom is -0.445 e. The van der Waals surface area contributed by atoms with Crippen molar-refractivity contribution < 1.29 is 14.3 Å². The van der Waals surface area contributed by atoms with Gasteiger partial charge in [0, 0.05) is 44.5 Å². The van der Waals surface area contributed by atoms with Gasteiger partial charge < -0.3 is 19.3 Å². The molecule has 3 aromatic rings. The van der Waals surface area contributed by atoms with Crippen molar-refractivity contribution >= 4 is 11.8 Å². The largest absolute Gasteiger partial charge is 0.445 e. The first-order valence-corrected chi connectivity index (χ1v) is 10.8. The molecule has 0 atom stereocenters. The van der Waals surface area contributed by atoms with Gasteiger partial charge in [0.05, 0.1) is 13.2 Å². The Morgan fingerprint density at radius 2 is 1.81 bits per heavy atom. The van der Waals surface area contributed by atoms with E-state index in [0.717, 1.165) is 42.1 Å². The molecule has 0 bridgehead atoms. The molecule has 1 saturated heterocycles. The van der Waals surface area contributed by atoms with Crippen molar-refractivity contribution in [3.8, 4) is 11.4 Å². The van der Waals surface area contributed by atoms with Crippen LogP contribution in [0.3, 0.4) is 0 Å². The highest BCUT2D eigenvalue weighted by Gasteiger charge is 2.20. The van der Waals surface area contributed by atoms with Gasteiger partial charge in [-0.05, 0) is 46.7 Å². The fraction of sp³-hybridized carbons (Fsp3) is 0.391. The van der Waals surface area contributed by atoms with Crippen molar-refractivity contribution in [2.24, 2.45) is 0 Å². The fourth-order valence-corrected chi connectivity index (χ4v) is 3.73. The number of hydrogen-bond acceptors (Lipinski definition) is 7. The number of amides is 1. The number of nitrogens with zero attached hydrogens (tertiary/aromatic N) is 6. The van der Waals surface area contributed by atoms with Crippen molar-refractivity contribution in [2.75, 3.05) is 44.8 Å². The van der Waals surface area contributed by atoms with Crippen molar-refractivity contribution in [1.29, 1.82) is 0 Å². The molecule has 4 rings (SSSR count). The number of rotatable bonds is 7. The highest BCUT2D eigenvalue weighted by Crippen LogP contribution is 2.22. The molecule has 0 unspecified atom stereocenters. The lowest BCUT2D eigenvalue weighted by Crippen LogP contribution is -2.35. The molecule has 168 valence electrons. The van der Waals surface area contributed by atoms with E-state index in [-0.39, 0.29) is 6.09 Å². The Bertz CT molecular complexity index is 992. The van der Waals surface area contributed by atoms with Gasteiger partial charge in [0.25, 0.3) is 0 Å². The summed E-state index contributed by atoms with van der Waals surface area (Å²) in [5.74, 6) is 0.719. The summed E-state index contributed by atoms with van der Waals surface area (Å²) in [5.41, 5.74) is 3.06. The third-order valence-electron chi connectivity index (χ3n) is 5.49. The SMILES string of the molecule is COCCn1nnnc1-c1ccc(N2CCCN(C(=O)OCc3ccccc3)CC2)cc1. The van der Waals surface area contributed by atoms with E-state index in [4.69, 9.17) is 9.47 Å². The van der Waals surface area contributed by atoms with E-state index in [1.54, 1.807) is 16.7 Å². The van der Waals surface area contributed by atoms with Gasteiger partial charge >= 0.3 is 6.09 Å². The van der Waals surface area contributed by atoms with Crippen LogP contribution in [0.25, 0.3) is 11.4 Å². The van der Waals surface area contributed by atoms with Gasteiger partial charge in [0.15, 0.2) is 5.82 Å². The second kappa shape index (κ2) is 10.7. The van der Waals surface area contributed by atoms with E-state index in [9.17, 15) is 4.79 Å². The van der Waals surface area contributed by atoms with Crippen LogP contribution in [0.2, 0.25) is 0 Å². The van der Waals surface area contributed by atoms with E-state index in [1.807, 2.05) is 42.5 Å². The van der Waals surface area contributed by atoms with E-state index in [1.165, 1.54) is 0 Å². The molecule has 1 aromatic heterocycles. The molecule has 1 amide bonds. The van der Waals surface area contributed by atoms with Crippen LogP contribution in [0.5, 0.6) is 0 Å². The predicted molar refractivity (Wildman–Crippen MR) is 120 cm³/mol. The quantitative estimate of drug-likeness (QED) is 0.563. The molecule has 0 saturated carbocycles. The Morgan fingerprint density at radius 3 is 2.59 bits per heavy atom. The van der Waals surface area contributed by atoms with Crippen LogP contribution in [0.15, 0.2) is 54.6 Å². The van der Waals surface area contributed by atoms with Crippen LogP contribution in [0.4, 0.5) is 10.5 Å². The molecule has 32 heavy (non-hydrogen) atoms. The van der Waals surface area contributed by atoms with Crippen molar-refractivity contribution in [3.05, 3.63) is 60.2 Å². The number of anilines is 1. The number of hydrogen-bond donors (Lipinski definition) is 0. The summed E-state index contributed by atoms with van der Waals surface area (Å²) < 4.78 is 12.4. The maximum atomic E-state index is 12.5. The van der Waals surface area contributed by atoms with E-state index in [0.29, 0.717) is 32.8 Å². The molecule has 1 aliphatic rings. The van der Waals surface area contributed by atoms with Crippen LogP contribution in [0.1, 0.15) is 12.0 Å². The number of aromatic nitrogens is 4. The predicted octanol–water partition coefficient (Wildman–Crippen LogP) is 2.84. The van der Waals surface area contributed by atoms with Crippen LogP contribution in [-0.4, -0.2) is 71.1 Å². The van der Waals surface area contributed by atoms with Gasteiger partial charge in [0.2, 0.25) is 0 Å². The third-order valence-corrected chi connectivity index (χ3v) is 5.49. The topological polar surface area (TPSA) is 85.6 Å². The molecule has 9 nitrogen and oxygen atoms in total. The normalized spacial score (nSPS) is 14.3. The number of benzene rings is 2. The second-order valence-corrected chi connectivity index (χ2v) is 7.63. The summed E-state index contributed by atoms with van der Waals surface area (Å²) in [6.45, 7) is 4.40. The second-order valence-electron chi connectivity index (χ2n) is 7.63. The molecule has 1 fully saturated rings. The molecule has 1 aliphatic heterocycles. The molecule has 0 N–H and O–H groups in total. The minimum atomic E-state index is -0.256. The number of methoxy groups -OCH3 is 1. The molecule has 2 heterocycles. The Morgan fingerprint density at radius 1 is 1.00 bits per heavy atom. The van der Waals surface area contributed by atoms with Crippen LogP contribution in [0, 0.1) is 0 Å². The van der Waals surface area contributed by atoms with Crippen molar-refractivity contribution in [1.82, 2.24) is 25.1 Å². The lowest BCUT2D eigenvalue weighted by atomic mass is 10.1. The number of carbonyl (C=O) groups excluding carboxylic acids is 1. The number of ether oxygens (including phenoxy) is 2. The molecule has 0 spiro atoms. The average molecular weight is 437 g/mol. The number of tetrazole rings is 1. The van der Waals surface area contributed by atoms with Gasteiger partial charge in [-0.15, -0.1) is 5.10 Å². The monoisotopic (exact) mass is 436 g/mol. The average Bonchev–Trinajstić information content (AvgIpc) is 3.17. The lowest BCUT2D eigenvalue weighted by molar-refractivity contribution is 0.0986. The summed E-state index contributed by atoms with van der Waals surface area (Å²) in [7, 11) is 1.66. The van der Waals surface area contributed by atoms with Crippen molar-refractivity contribution in [2.45, 2.75) is 19.6 Å². The minimum absolute atomic E-state index is 0.256. The molecular formula is C23H28N6O3. The summed E-state index contributed by atoms with van der Waals surface area (Å²) in [6, 6.07) is 18.0. The maximum absolute atomic E-state index is 12.5. The smallest absolute Gasteiger partial charge is 0.410 e. The van der Waals surface area contributed by atoms with Crippen LogP contribution < -0.4 is 4.90 Å². The standard InChI is InChI=1S/C23H28N6O3/c1-31-17-16-29-22(24-25-26-29)20-8-10-21(11-9-20)27-12-5-13-28(15-14-27)23(30)32-18-19-6-3-2-4-7-19/h2-4,6-11H,5,12-18H2,1H3. The Balaban J connectivity index is 1.33. The van der Waals surface area contributed by atoms with Crippen LogP contribution >= 0.6 is 0 Å². The van der Waals surface area contributed by atoms with Crippen LogP contribution in [-0.2, 0) is 22.6 Å². The zero-order valence-electron chi connectivity index (χ0n) is 18.3. The highest BCUT2D eigenvalue weighted by atomic mass is 16.6. The van der Waals surface area contributed by atoms with Gasteiger partial charge in [0.1, 0.15) is 6.61 Å². The van der Waals surface area contributed by atoms with E-state index in [2.05, 4.69) is 32.6 Å². The molecule has 2 aromatic carbocycles. The summed E-state index contributed by atoms with van der Waals surface area (Å²) in [4.78, 5) is 16.6. The Kier molecular flexibility index (Phi) is 7.29. The molecule has 9 heteroatoms. The van der Waals surface area contributed by atoms with Gasteiger partial charge in [-0.2, -0.15) is 0 Å². The Hall–Kier alpha value is -3.46. The first kappa shape index (κ1) is 21.8. The first-order chi connectivity index (χ1) is 15.7. The van der Waals surface area contributed by atoms with E-state index >= 15 is 0 Å². The molecule has 0 aliphatic carbocycles. The summed E-state index contributed by atoms with van der Waals surface area (Å²) >= 11 is 0. The van der Waals surface area contributed by atoms with E-state index < -0.39 is 0 Å². The Labute approximate surface area is 187 Å². The van der Waals surface area contributed by atoms with Gasteiger partial charge in [-0.25, -0.2) is 9.48 Å². The fourth-order valence-electron chi connectivity index (χ4n) is 3.73. The zero-order chi connectivity index (χ0) is 22.2. The van der Waals surface area contributed by atoms with Gasteiger partial charge in [-0.3, -0.25) is 0 Å². The first-order valence-electron chi connectivity index (χ1n) is 10.8. The summed E-state index contributed by atoms with van der Waals surface area (Å²) in [6.07, 6.45) is 0.631. The lowest BCUT2D eigenvalue weighted by Gasteiger charge is -2.23. The zero-order valence-corrected chi connectivity index (χ0v) is 18.3.